The zero-order valence-electron chi connectivity index (χ0n) is 17.1. The van der Waals surface area contributed by atoms with Gasteiger partial charge in [0.25, 0.3) is 0 Å². The fourth-order valence-electron chi connectivity index (χ4n) is 3.42. The first-order valence-electron chi connectivity index (χ1n) is 9.61. The van der Waals surface area contributed by atoms with Crippen LogP contribution in [0.25, 0.3) is 0 Å². The van der Waals surface area contributed by atoms with Crippen LogP contribution in [0.3, 0.4) is 0 Å². The first-order valence-corrected chi connectivity index (χ1v) is 10.6. The molecule has 0 aliphatic carbocycles. The van der Waals surface area contributed by atoms with Gasteiger partial charge < -0.3 is 9.84 Å². The molecule has 0 aliphatic heterocycles. The molecule has 3 aromatic rings. The quantitative estimate of drug-likeness (QED) is 0.563. The third-order valence-electron chi connectivity index (χ3n) is 5.18. The summed E-state index contributed by atoms with van der Waals surface area (Å²) in [5.41, 5.74) is 3.04. The Labute approximate surface area is 170 Å². The zero-order chi connectivity index (χ0) is 20.2. The van der Waals surface area contributed by atoms with Crippen molar-refractivity contribution in [2.24, 2.45) is 5.41 Å². The Bertz CT molecular complexity index is 915. The molecule has 0 radical (unpaired) electrons. The summed E-state index contributed by atoms with van der Waals surface area (Å²) in [7, 11) is 1.95. The summed E-state index contributed by atoms with van der Waals surface area (Å²) in [5.74, 6) is 0.898. The highest BCUT2D eigenvalue weighted by Crippen LogP contribution is 2.51. The molecular formula is C25H29O2P. The number of hydrogen-bond acceptors (Lipinski definition) is 2. The maximum absolute atomic E-state index is 11.9. The van der Waals surface area contributed by atoms with Crippen molar-refractivity contribution in [3.8, 4) is 5.75 Å². The van der Waals surface area contributed by atoms with Crippen molar-refractivity contribution in [3.63, 3.8) is 0 Å². The van der Waals surface area contributed by atoms with Gasteiger partial charge in [0.15, 0.2) is 0 Å². The van der Waals surface area contributed by atoms with Crippen LogP contribution in [0.2, 0.25) is 0 Å². The lowest BCUT2D eigenvalue weighted by Gasteiger charge is -2.41. The van der Waals surface area contributed by atoms with Crippen molar-refractivity contribution < 1.29 is 9.84 Å². The van der Waals surface area contributed by atoms with Gasteiger partial charge in [0.1, 0.15) is 11.1 Å². The van der Waals surface area contributed by atoms with E-state index < -0.39 is 5.34 Å². The van der Waals surface area contributed by atoms with Gasteiger partial charge in [-0.25, -0.2) is 0 Å². The maximum Gasteiger partial charge on any atom is 0.122 e. The molecule has 0 saturated heterocycles. The van der Waals surface area contributed by atoms with Gasteiger partial charge in [-0.3, -0.25) is 0 Å². The molecule has 0 spiro atoms. The molecule has 3 aromatic carbocycles. The Morgan fingerprint density at radius 3 is 2.00 bits per heavy atom. The van der Waals surface area contributed by atoms with Gasteiger partial charge in [-0.1, -0.05) is 102 Å². The molecular weight excluding hydrogens is 363 g/mol. The number of methoxy groups -OCH3 is 1. The van der Waals surface area contributed by atoms with E-state index in [9.17, 15) is 5.11 Å². The van der Waals surface area contributed by atoms with Gasteiger partial charge in [0.2, 0.25) is 0 Å². The van der Waals surface area contributed by atoms with Crippen molar-refractivity contribution >= 4 is 13.9 Å². The van der Waals surface area contributed by atoms with Crippen LogP contribution in [-0.2, 0) is 11.8 Å². The first-order chi connectivity index (χ1) is 13.3. The first kappa shape index (κ1) is 20.6. The van der Waals surface area contributed by atoms with Crippen LogP contribution in [-0.4, -0.2) is 12.2 Å². The monoisotopic (exact) mass is 392 g/mol. The molecule has 28 heavy (non-hydrogen) atoms. The number of hydrogen-bond donors (Lipinski definition) is 1. The topological polar surface area (TPSA) is 29.5 Å². The highest BCUT2D eigenvalue weighted by atomic mass is 31.1. The number of rotatable bonds is 6. The summed E-state index contributed by atoms with van der Waals surface area (Å²) in [6, 6.07) is 26.6. The van der Waals surface area contributed by atoms with Crippen LogP contribution in [0.15, 0.2) is 78.9 Å². The Balaban J connectivity index is 2.00. The average molecular weight is 392 g/mol. The van der Waals surface area contributed by atoms with E-state index in [2.05, 4.69) is 51.1 Å². The normalized spacial score (nSPS) is 14.2. The third kappa shape index (κ3) is 4.29. The second-order valence-electron chi connectivity index (χ2n) is 8.10. The summed E-state index contributed by atoms with van der Waals surface area (Å²) in [6.07, 6.45) is 0.780. The van der Waals surface area contributed by atoms with E-state index in [0.29, 0.717) is 0 Å². The van der Waals surface area contributed by atoms with E-state index in [-0.39, 0.29) is 14.0 Å². The van der Waals surface area contributed by atoms with Crippen LogP contribution in [0, 0.1) is 5.41 Å². The lowest BCUT2D eigenvalue weighted by Crippen LogP contribution is -2.37. The van der Waals surface area contributed by atoms with Crippen molar-refractivity contribution in [2.45, 2.75) is 32.5 Å². The molecule has 0 heterocycles. The zero-order valence-corrected chi connectivity index (χ0v) is 18.1. The molecule has 0 aliphatic rings. The maximum atomic E-state index is 11.9. The molecule has 2 atom stereocenters. The predicted octanol–water partition coefficient (Wildman–Crippen LogP) is 5.48. The third-order valence-corrected chi connectivity index (χ3v) is 7.34. The molecule has 0 saturated carbocycles. The van der Waals surface area contributed by atoms with Gasteiger partial charge in [0, 0.05) is 6.42 Å². The molecule has 2 nitrogen and oxygen atoms in total. The Hall–Kier alpha value is -2.15. The smallest absolute Gasteiger partial charge is 0.122 e. The fraction of sp³-hybridized carbons (Fsp3) is 0.280. The van der Waals surface area contributed by atoms with E-state index in [0.717, 1.165) is 23.3 Å². The van der Waals surface area contributed by atoms with Gasteiger partial charge in [-0.2, -0.15) is 0 Å². The second-order valence-corrected chi connectivity index (χ2v) is 9.61. The molecule has 146 valence electrons. The van der Waals surface area contributed by atoms with E-state index in [1.54, 1.807) is 7.11 Å². The Kier molecular flexibility index (Phi) is 6.23. The van der Waals surface area contributed by atoms with Crippen LogP contribution in [0.5, 0.6) is 5.75 Å². The minimum absolute atomic E-state index is 0.240. The number of para-hydroxylation sites is 1. The summed E-state index contributed by atoms with van der Waals surface area (Å²) in [5, 5.41) is 12.1. The van der Waals surface area contributed by atoms with Crippen LogP contribution in [0.4, 0.5) is 0 Å². The molecule has 3 rings (SSSR count). The Morgan fingerprint density at radius 2 is 1.36 bits per heavy atom. The molecule has 3 heteroatoms. The fourth-order valence-corrected chi connectivity index (χ4v) is 5.01. The lowest BCUT2D eigenvalue weighted by atomic mass is 9.84. The molecule has 0 amide bonds. The van der Waals surface area contributed by atoms with Crippen LogP contribution in [0.1, 0.15) is 37.5 Å². The Morgan fingerprint density at radius 1 is 0.786 bits per heavy atom. The minimum atomic E-state index is -0.939. The van der Waals surface area contributed by atoms with E-state index >= 15 is 0 Å². The van der Waals surface area contributed by atoms with Gasteiger partial charge in [-0.15, -0.1) is 0 Å². The van der Waals surface area contributed by atoms with Crippen molar-refractivity contribution in [1.82, 2.24) is 0 Å². The predicted molar refractivity (Wildman–Crippen MR) is 120 cm³/mol. The standard InChI is InChI=1S/C25H29O2P/c1-24(2,3)25(26,21-14-6-5-7-15-21)28-23-17-11-9-13-20(23)18-19-12-8-10-16-22(19)27-4/h5-17,26,28H,18H2,1-4H3/t25-/m0/s1. The van der Waals surface area contributed by atoms with Crippen molar-refractivity contribution in [3.05, 3.63) is 95.6 Å². The van der Waals surface area contributed by atoms with Crippen LogP contribution < -0.4 is 10.0 Å². The number of benzene rings is 3. The van der Waals surface area contributed by atoms with Gasteiger partial charge in [-0.05, 0) is 33.5 Å². The molecule has 1 N–H and O–H groups in total. The highest BCUT2D eigenvalue weighted by molar-refractivity contribution is 7.48. The molecule has 0 aromatic heterocycles. The van der Waals surface area contributed by atoms with Crippen molar-refractivity contribution in [2.75, 3.05) is 7.11 Å². The van der Waals surface area contributed by atoms with Crippen LogP contribution >= 0.6 is 8.58 Å². The summed E-state index contributed by atoms with van der Waals surface area (Å²) >= 11 is 0. The molecule has 0 fully saturated rings. The van der Waals surface area contributed by atoms with E-state index in [1.807, 2.05) is 48.5 Å². The van der Waals surface area contributed by atoms with E-state index in [1.165, 1.54) is 10.9 Å². The minimum Gasteiger partial charge on any atom is -0.496 e. The SMILES string of the molecule is COc1ccccc1Cc1ccccc1P[C@@](O)(c1ccccc1)C(C)(C)C. The van der Waals surface area contributed by atoms with E-state index in [4.69, 9.17) is 4.74 Å². The summed E-state index contributed by atoms with van der Waals surface area (Å²) in [4.78, 5) is 0. The van der Waals surface area contributed by atoms with Crippen molar-refractivity contribution in [1.29, 1.82) is 0 Å². The van der Waals surface area contributed by atoms with Gasteiger partial charge in [0.05, 0.1) is 7.11 Å². The van der Waals surface area contributed by atoms with Gasteiger partial charge >= 0.3 is 0 Å². The largest absolute Gasteiger partial charge is 0.496 e. The molecule has 0 bridgehead atoms. The summed E-state index contributed by atoms with van der Waals surface area (Å²) in [6.45, 7) is 6.32. The lowest BCUT2D eigenvalue weighted by molar-refractivity contribution is 0.0220. The molecule has 1 unspecified atom stereocenters. The average Bonchev–Trinajstić information content (AvgIpc) is 2.69. The number of ether oxygens (including phenoxy) is 1. The number of aliphatic hydroxyl groups is 1. The summed E-state index contributed by atoms with van der Waals surface area (Å²) < 4.78 is 5.53. The highest BCUT2D eigenvalue weighted by Gasteiger charge is 2.42. The second kappa shape index (κ2) is 8.47.